The maximum atomic E-state index is 12.7. The molecule has 0 radical (unpaired) electrons. The van der Waals surface area contributed by atoms with Crippen LogP contribution in [-0.2, 0) is 11.2 Å². The first kappa shape index (κ1) is 23.8. The summed E-state index contributed by atoms with van der Waals surface area (Å²) in [5.74, 6) is 2.30. The molecule has 0 bridgehead atoms. The van der Waals surface area contributed by atoms with Gasteiger partial charge in [0.1, 0.15) is 17.2 Å². The van der Waals surface area contributed by atoms with Crippen LogP contribution in [0.4, 0.5) is 0 Å². The highest BCUT2D eigenvalue weighted by atomic mass is 16.5. The van der Waals surface area contributed by atoms with Crippen molar-refractivity contribution < 1.29 is 23.8 Å². The van der Waals surface area contributed by atoms with Gasteiger partial charge in [-0.05, 0) is 62.4 Å². The number of carbonyl (C=O) groups is 2. The maximum absolute atomic E-state index is 12.7. The fraction of sp³-hybridized carbons (Fsp3) is 0.407. The van der Waals surface area contributed by atoms with Gasteiger partial charge < -0.3 is 24.4 Å². The van der Waals surface area contributed by atoms with E-state index in [0.29, 0.717) is 17.9 Å². The standard InChI is InChI=1S/C27H32N2O5/c1-19-8-9-21-10-11-23(18-26(21)33-19)32-17-5-14-29-15-12-22(13-16-29)28-27(31)24-6-3-4-7-25(24)34-20(2)30/h3-4,6-8,10-11,18,22H,5,9,12-17H2,1-2H3,(H,28,31). The number of allylic oxidation sites excluding steroid dienone is 2. The molecule has 0 unspecified atom stereocenters. The predicted octanol–water partition coefficient (Wildman–Crippen LogP) is 4.11. The number of nitrogens with one attached hydrogen (secondary N) is 1. The second kappa shape index (κ2) is 11.2. The van der Waals surface area contributed by atoms with E-state index in [1.807, 2.05) is 19.1 Å². The van der Waals surface area contributed by atoms with Crippen LogP contribution in [0.1, 0.15) is 49.0 Å². The van der Waals surface area contributed by atoms with Gasteiger partial charge in [-0.1, -0.05) is 18.2 Å². The van der Waals surface area contributed by atoms with Crippen molar-refractivity contribution in [3.05, 3.63) is 65.4 Å². The molecule has 0 atom stereocenters. The van der Waals surface area contributed by atoms with E-state index in [1.165, 1.54) is 12.5 Å². The van der Waals surface area contributed by atoms with Crippen LogP contribution >= 0.6 is 0 Å². The molecule has 180 valence electrons. The Morgan fingerprint density at radius 2 is 1.94 bits per heavy atom. The molecule has 1 N–H and O–H groups in total. The highest BCUT2D eigenvalue weighted by Gasteiger charge is 2.22. The van der Waals surface area contributed by atoms with E-state index in [1.54, 1.807) is 24.3 Å². The molecule has 7 nitrogen and oxygen atoms in total. The number of hydrogen-bond donors (Lipinski definition) is 1. The van der Waals surface area contributed by atoms with Gasteiger partial charge in [0.2, 0.25) is 0 Å². The summed E-state index contributed by atoms with van der Waals surface area (Å²) in [4.78, 5) is 26.4. The molecule has 2 aliphatic heterocycles. The third kappa shape index (κ3) is 6.38. The van der Waals surface area contributed by atoms with E-state index in [4.69, 9.17) is 14.2 Å². The van der Waals surface area contributed by atoms with Gasteiger partial charge in [-0.3, -0.25) is 9.59 Å². The molecule has 2 aliphatic rings. The molecular weight excluding hydrogens is 432 g/mol. The van der Waals surface area contributed by atoms with Crippen LogP contribution in [0.15, 0.2) is 54.3 Å². The molecule has 7 heteroatoms. The number of piperidine rings is 1. The Bertz CT molecular complexity index is 1060. The average Bonchev–Trinajstić information content (AvgIpc) is 2.82. The Kier molecular flexibility index (Phi) is 7.85. The van der Waals surface area contributed by atoms with Crippen LogP contribution in [-0.4, -0.2) is 49.1 Å². The maximum Gasteiger partial charge on any atom is 0.308 e. The number of likely N-dealkylation sites (tertiary alicyclic amines) is 1. The Morgan fingerprint density at radius 3 is 2.74 bits per heavy atom. The van der Waals surface area contributed by atoms with E-state index in [-0.39, 0.29) is 11.9 Å². The van der Waals surface area contributed by atoms with Gasteiger partial charge in [0.25, 0.3) is 5.91 Å². The van der Waals surface area contributed by atoms with E-state index in [9.17, 15) is 9.59 Å². The van der Waals surface area contributed by atoms with Crippen LogP contribution in [0, 0.1) is 0 Å². The first-order valence-electron chi connectivity index (χ1n) is 11.9. The van der Waals surface area contributed by atoms with Crippen molar-refractivity contribution in [1.82, 2.24) is 10.2 Å². The van der Waals surface area contributed by atoms with Gasteiger partial charge >= 0.3 is 5.97 Å². The summed E-state index contributed by atoms with van der Waals surface area (Å²) in [6, 6.07) is 13.0. The van der Waals surface area contributed by atoms with Crippen molar-refractivity contribution in [2.24, 2.45) is 0 Å². The number of amides is 1. The minimum atomic E-state index is -0.440. The number of esters is 1. The summed E-state index contributed by atoms with van der Waals surface area (Å²) >= 11 is 0. The second-order valence-electron chi connectivity index (χ2n) is 8.77. The summed E-state index contributed by atoms with van der Waals surface area (Å²) < 4.78 is 16.9. The summed E-state index contributed by atoms with van der Waals surface area (Å²) in [6.07, 6.45) is 5.69. The third-order valence-corrected chi connectivity index (χ3v) is 6.11. The number of para-hydroxylation sites is 1. The van der Waals surface area contributed by atoms with Crippen LogP contribution < -0.4 is 19.5 Å². The van der Waals surface area contributed by atoms with E-state index >= 15 is 0 Å². The number of nitrogens with zero attached hydrogens (tertiary/aromatic N) is 1. The lowest BCUT2D eigenvalue weighted by Crippen LogP contribution is -2.45. The summed E-state index contributed by atoms with van der Waals surface area (Å²) in [6.45, 7) is 6.75. The number of ether oxygens (including phenoxy) is 3. The lowest BCUT2D eigenvalue weighted by atomic mass is 10.0. The SMILES string of the molecule is CC(=O)Oc1ccccc1C(=O)NC1CCN(CCCOc2ccc3c(c2)OC(C)=CC3)CC1. The zero-order chi connectivity index (χ0) is 23.9. The van der Waals surface area contributed by atoms with Crippen LogP contribution in [0.2, 0.25) is 0 Å². The topological polar surface area (TPSA) is 77.1 Å². The summed E-state index contributed by atoms with van der Waals surface area (Å²) in [5, 5.41) is 3.09. The molecule has 34 heavy (non-hydrogen) atoms. The first-order chi connectivity index (χ1) is 16.5. The fourth-order valence-corrected chi connectivity index (χ4v) is 4.30. The lowest BCUT2D eigenvalue weighted by Gasteiger charge is -2.32. The monoisotopic (exact) mass is 464 g/mol. The van der Waals surface area contributed by atoms with Crippen LogP contribution in [0.25, 0.3) is 0 Å². The zero-order valence-corrected chi connectivity index (χ0v) is 19.8. The molecule has 1 fully saturated rings. The molecule has 2 aromatic rings. The van der Waals surface area contributed by atoms with Gasteiger partial charge in [0.05, 0.1) is 17.9 Å². The van der Waals surface area contributed by atoms with Gasteiger partial charge in [-0.25, -0.2) is 0 Å². The molecule has 4 rings (SSSR count). The number of benzene rings is 2. The number of rotatable bonds is 8. The summed E-state index contributed by atoms with van der Waals surface area (Å²) in [7, 11) is 0. The third-order valence-electron chi connectivity index (χ3n) is 6.11. The smallest absolute Gasteiger partial charge is 0.308 e. The fourth-order valence-electron chi connectivity index (χ4n) is 4.30. The number of hydrogen-bond acceptors (Lipinski definition) is 6. The molecule has 1 amide bonds. The van der Waals surface area contributed by atoms with E-state index < -0.39 is 5.97 Å². The predicted molar refractivity (Wildman–Crippen MR) is 129 cm³/mol. The van der Waals surface area contributed by atoms with Gasteiger partial charge in [0.15, 0.2) is 0 Å². The van der Waals surface area contributed by atoms with Crippen molar-refractivity contribution in [3.63, 3.8) is 0 Å². The highest BCUT2D eigenvalue weighted by molar-refractivity contribution is 5.97. The Balaban J connectivity index is 1.17. The molecule has 2 aromatic carbocycles. The molecule has 0 aliphatic carbocycles. The normalized spacial score (nSPS) is 16.1. The minimum absolute atomic E-state index is 0.110. The van der Waals surface area contributed by atoms with Crippen LogP contribution in [0.3, 0.4) is 0 Å². The van der Waals surface area contributed by atoms with Crippen molar-refractivity contribution >= 4 is 11.9 Å². The Labute approximate surface area is 200 Å². The highest BCUT2D eigenvalue weighted by Crippen LogP contribution is 2.30. The van der Waals surface area contributed by atoms with Crippen molar-refractivity contribution in [2.45, 2.75) is 45.6 Å². The summed E-state index contributed by atoms with van der Waals surface area (Å²) in [5.41, 5.74) is 1.57. The lowest BCUT2D eigenvalue weighted by molar-refractivity contribution is -0.131. The molecule has 1 saturated heterocycles. The number of fused-ring (bicyclic) bond motifs is 1. The van der Waals surface area contributed by atoms with Crippen molar-refractivity contribution in [2.75, 3.05) is 26.2 Å². The van der Waals surface area contributed by atoms with Gasteiger partial charge in [-0.2, -0.15) is 0 Å². The Hall–Kier alpha value is -3.32. The molecular formula is C27H32N2O5. The van der Waals surface area contributed by atoms with Crippen molar-refractivity contribution in [1.29, 1.82) is 0 Å². The van der Waals surface area contributed by atoms with Gasteiger partial charge in [0, 0.05) is 38.7 Å². The second-order valence-corrected chi connectivity index (χ2v) is 8.77. The molecule has 0 saturated carbocycles. The van der Waals surface area contributed by atoms with Crippen molar-refractivity contribution in [3.8, 4) is 17.2 Å². The first-order valence-corrected chi connectivity index (χ1v) is 11.9. The molecule has 2 heterocycles. The molecule has 0 spiro atoms. The van der Waals surface area contributed by atoms with E-state index in [2.05, 4.69) is 22.4 Å². The van der Waals surface area contributed by atoms with E-state index in [0.717, 1.165) is 62.6 Å². The van der Waals surface area contributed by atoms with Crippen LogP contribution in [0.5, 0.6) is 17.2 Å². The molecule has 0 aromatic heterocycles. The zero-order valence-electron chi connectivity index (χ0n) is 19.8. The largest absolute Gasteiger partial charge is 0.493 e. The average molecular weight is 465 g/mol. The quantitative estimate of drug-likeness (QED) is 0.360. The van der Waals surface area contributed by atoms with Gasteiger partial charge in [-0.15, -0.1) is 0 Å². The number of carbonyl (C=O) groups excluding carboxylic acids is 2. The Morgan fingerprint density at radius 1 is 1.15 bits per heavy atom. The minimum Gasteiger partial charge on any atom is -0.493 e.